The van der Waals surface area contributed by atoms with E-state index in [0.717, 1.165) is 16.6 Å². The lowest BCUT2D eigenvalue weighted by Gasteiger charge is -2.08. The molecule has 140 valence electrons. The lowest BCUT2D eigenvalue weighted by atomic mass is 10.1. The molecule has 0 saturated carbocycles. The van der Waals surface area contributed by atoms with Gasteiger partial charge in [-0.2, -0.15) is 0 Å². The third kappa shape index (κ3) is 3.49. The Labute approximate surface area is 166 Å². The van der Waals surface area contributed by atoms with Crippen molar-refractivity contribution in [1.29, 1.82) is 0 Å². The van der Waals surface area contributed by atoms with Crippen molar-refractivity contribution < 1.29 is 13.6 Å². The zero-order valence-electron chi connectivity index (χ0n) is 15.2. The predicted octanol–water partition coefficient (Wildman–Crippen LogP) is 6.16. The van der Waals surface area contributed by atoms with Gasteiger partial charge in [0.05, 0.1) is 10.6 Å². The number of carbonyl (C=O) groups excluding carboxylic acids is 1. The number of benzene rings is 3. The Morgan fingerprint density at radius 1 is 1.11 bits per heavy atom. The highest BCUT2D eigenvalue weighted by atomic mass is 35.5. The number of carbonyl (C=O) groups is 1. The van der Waals surface area contributed by atoms with Crippen LogP contribution in [0.1, 0.15) is 21.5 Å². The number of nitrogens with zero attached hydrogens (tertiary/aromatic N) is 1. The number of halogens is 2. The molecule has 0 radical (unpaired) electrons. The predicted molar refractivity (Wildman–Crippen MR) is 108 cm³/mol. The number of amides is 1. The van der Waals surface area contributed by atoms with E-state index >= 15 is 0 Å². The molecule has 1 N–H and O–H groups in total. The Morgan fingerprint density at radius 3 is 2.71 bits per heavy atom. The summed E-state index contributed by atoms with van der Waals surface area (Å²) in [5, 5.41) is 3.19. The van der Waals surface area contributed by atoms with Crippen molar-refractivity contribution in [2.24, 2.45) is 0 Å². The molecule has 6 heteroatoms. The first-order valence-electron chi connectivity index (χ1n) is 8.65. The number of rotatable bonds is 3. The lowest BCUT2D eigenvalue weighted by Crippen LogP contribution is -2.12. The summed E-state index contributed by atoms with van der Waals surface area (Å²) < 4.78 is 19.3. The lowest BCUT2D eigenvalue weighted by molar-refractivity contribution is 0.102. The van der Waals surface area contributed by atoms with E-state index in [0.29, 0.717) is 27.7 Å². The Kier molecular flexibility index (Phi) is 4.61. The monoisotopic (exact) mass is 394 g/mol. The quantitative estimate of drug-likeness (QED) is 0.453. The molecular formula is C22H16ClFN2O2. The summed E-state index contributed by atoms with van der Waals surface area (Å²) >= 11 is 6.34. The van der Waals surface area contributed by atoms with Gasteiger partial charge in [0, 0.05) is 11.3 Å². The van der Waals surface area contributed by atoms with E-state index < -0.39 is 11.7 Å². The van der Waals surface area contributed by atoms with Gasteiger partial charge < -0.3 is 9.73 Å². The fourth-order valence-electron chi connectivity index (χ4n) is 3.09. The van der Waals surface area contributed by atoms with Gasteiger partial charge in [0.2, 0.25) is 5.89 Å². The fourth-order valence-corrected chi connectivity index (χ4v) is 3.29. The maximum absolute atomic E-state index is 13.3. The molecular weight excluding hydrogens is 379 g/mol. The van der Waals surface area contributed by atoms with Crippen molar-refractivity contribution in [2.45, 2.75) is 13.8 Å². The number of oxazole rings is 1. The topological polar surface area (TPSA) is 55.1 Å². The zero-order valence-corrected chi connectivity index (χ0v) is 16.0. The second-order valence-corrected chi connectivity index (χ2v) is 7.02. The molecule has 3 aromatic carbocycles. The first-order chi connectivity index (χ1) is 13.4. The van der Waals surface area contributed by atoms with Crippen molar-refractivity contribution in [3.8, 4) is 11.5 Å². The normalized spacial score (nSPS) is 11.0. The van der Waals surface area contributed by atoms with E-state index in [9.17, 15) is 9.18 Å². The van der Waals surface area contributed by atoms with Gasteiger partial charge in [0.15, 0.2) is 5.58 Å². The molecule has 0 spiro atoms. The largest absolute Gasteiger partial charge is 0.436 e. The molecule has 0 aliphatic rings. The van der Waals surface area contributed by atoms with Crippen molar-refractivity contribution in [3.63, 3.8) is 0 Å². The van der Waals surface area contributed by atoms with Gasteiger partial charge in [-0.25, -0.2) is 9.37 Å². The molecule has 1 heterocycles. The van der Waals surface area contributed by atoms with Crippen molar-refractivity contribution in [3.05, 3.63) is 82.1 Å². The maximum atomic E-state index is 13.3. The SMILES string of the molecule is Cc1cc(C)c2oc(-c3cc(NC(=O)c4cccc(F)c4)ccc3Cl)nc2c1. The van der Waals surface area contributed by atoms with Crippen LogP contribution in [0.3, 0.4) is 0 Å². The maximum Gasteiger partial charge on any atom is 0.255 e. The average molecular weight is 395 g/mol. The molecule has 0 atom stereocenters. The first kappa shape index (κ1) is 18.2. The highest BCUT2D eigenvalue weighted by Crippen LogP contribution is 2.33. The average Bonchev–Trinajstić information content (AvgIpc) is 3.07. The summed E-state index contributed by atoms with van der Waals surface area (Å²) in [5.74, 6) is -0.519. The van der Waals surface area contributed by atoms with E-state index in [1.807, 2.05) is 26.0 Å². The number of anilines is 1. The van der Waals surface area contributed by atoms with E-state index in [1.54, 1.807) is 24.3 Å². The summed E-state index contributed by atoms with van der Waals surface area (Å²) in [5.41, 5.74) is 4.82. The van der Waals surface area contributed by atoms with Crippen molar-refractivity contribution in [1.82, 2.24) is 4.98 Å². The summed E-state index contributed by atoms with van der Waals surface area (Å²) in [6.07, 6.45) is 0. The molecule has 1 amide bonds. The molecule has 4 aromatic rings. The molecule has 4 rings (SSSR count). The molecule has 1 aromatic heterocycles. The number of hydrogen-bond donors (Lipinski definition) is 1. The van der Waals surface area contributed by atoms with Gasteiger partial charge in [-0.05, 0) is 67.4 Å². The van der Waals surface area contributed by atoms with Crippen LogP contribution in [0.4, 0.5) is 10.1 Å². The van der Waals surface area contributed by atoms with Gasteiger partial charge in [-0.15, -0.1) is 0 Å². The van der Waals surface area contributed by atoms with Gasteiger partial charge in [0.1, 0.15) is 11.3 Å². The molecule has 0 aliphatic carbocycles. The number of aromatic nitrogens is 1. The van der Waals surface area contributed by atoms with Gasteiger partial charge in [-0.1, -0.05) is 23.7 Å². The van der Waals surface area contributed by atoms with E-state index in [1.165, 1.54) is 18.2 Å². The molecule has 0 aliphatic heterocycles. The van der Waals surface area contributed by atoms with Crippen LogP contribution < -0.4 is 5.32 Å². The summed E-state index contributed by atoms with van der Waals surface area (Å²) in [6, 6.07) is 14.5. The minimum atomic E-state index is -0.471. The highest BCUT2D eigenvalue weighted by molar-refractivity contribution is 6.33. The number of aryl methyl sites for hydroxylation is 2. The van der Waals surface area contributed by atoms with Gasteiger partial charge in [-0.3, -0.25) is 4.79 Å². The Balaban J connectivity index is 1.70. The van der Waals surface area contributed by atoms with Crippen molar-refractivity contribution in [2.75, 3.05) is 5.32 Å². The molecule has 0 fully saturated rings. The Bertz CT molecular complexity index is 1220. The summed E-state index contributed by atoms with van der Waals surface area (Å²) in [4.78, 5) is 16.9. The zero-order chi connectivity index (χ0) is 19.8. The van der Waals surface area contributed by atoms with Crippen LogP contribution >= 0.6 is 11.6 Å². The van der Waals surface area contributed by atoms with Crippen LogP contribution in [0.5, 0.6) is 0 Å². The van der Waals surface area contributed by atoms with E-state index in [4.69, 9.17) is 16.0 Å². The second-order valence-electron chi connectivity index (χ2n) is 6.61. The van der Waals surface area contributed by atoms with Crippen LogP contribution in [0.15, 0.2) is 59.0 Å². The van der Waals surface area contributed by atoms with Crippen molar-refractivity contribution >= 4 is 34.3 Å². The molecule has 0 unspecified atom stereocenters. The molecule has 4 nitrogen and oxygen atoms in total. The summed E-state index contributed by atoms with van der Waals surface area (Å²) in [7, 11) is 0. The molecule has 28 heavy (non-hydrogen) atoms. The van der Waals surface area contributed by atoms with Crippen LogP contribution in [-0.2, 0) is 0 Å². The third-order valence-corrected chi connectivity index (χ3v) is 4.69. The first-order valence-corrected chi connectivity index (χ1v) is 9.03. The van der Waals surface area contributed by atoms with Crippen LogP contribution in [-0.4, -0.2) is 10.9 Å². The standard InChI is InChI=1S/C22H16ClFN2O2/c1-12-8-13(2)20-19(9-12)26-22(28-20)17-11-16(6-7-18(17)23)25-21(27)14-4-3-5-15(24)10-14/h3-11H,1-2H3,(H,25,27). The third-order valence-electron chi connectivity index (χ3n) is 4.36. The molecule has 0 bridgehead atoms. The van der Waals surface area contributed by atoms with Crippen LogP contribution in [0.25, 0.3) is 22.6 Å². The minimum absolute atomic E-state index is 0.226. The number of nitrogens with one attached hydrogen (secondary N) is 1. The van der Waals surface area contributed by atoms with E-state index in [-0.39, 0.29) is 5.56 Å². The summed E-state index contributed by atoms with van der Waals surface area (Å²) in [6.45, 7) is 3.96. The minimum Gasteiger partial charge on any atom is -0.436 e. The number of hydrogen-bond acceptors (Lipinski definition) is 3. The molecule has 0 saturated heterocycles. The smallest absolute Gasteiger partial charge is 0.255 e. The number of fused-ring (bicyclic) bond motifs is 1. The second kappa shape index (κ2) is 7.09. The Hall–Kier alpha value is -3.18. The van der Waals surface area contributed by atoms with E-state index in [2.05, 4.69) is 10.3 Å². The van der Waals surface area contributed by atoms with Gasteiger partial charge in [0.25, 0.3) is 5.91 Å². The fraction of sp³-hybridized carbons (Fsp3) is 0.0909. The van der Waals surface area contributed by atoms with Gasteiger partial charge >= 0.3 is 0 Å². The van der Waals surface area contributed by atoms with Crippen LogP contribution in [0, 0.1) is 19.7 Å². The highest BCUT2D eigenvalue weighted by Gasteiger charge is 2.15. The van der Waals surface area contributed by atoms with Crippen LogP contribution in [0.2, 0.25) is 5.02 Å². The Morgan fingerprint density at radius 2 is 1.93 bits per heavy atom.